The molecule has 0 fully saturated rings. The van der Waals surface area contributed by atoms with Gasteiger partial charge >= 0.3 is 0 Å². The Hall–Kier alpha value is -3.12. The summed E-state index contributed by atoms with van der Waals surface area (Å²) < 4.78 is 1.74. The first kappa shape index (κ1) is 18.3. The van der Waals surface area contributed by atoms with Gasteiger partial charge < -0.3 is 10.6 Å². The second-order valence-corrected chi connectivity index (χ2v) is 7.18. The fourth-order valence-electron chi connectivity index (χ4n) is 3.26. The molecule has 142 valence electrons. The second kappa shape index (κ2) is 7.86. The molecule has 0 saturated heterocycles. The molecule has 0 saturated carbocycles. The van der Waals surface area contributed by atoms with Gasteiger partial charge in [0.2, 0.25) is 11.8 Å². The van der Waals surface area contributed by atoms with Crippen molar-refractivity contribution in [3.05, 3.63) is 71.4 Å². The zero-order valence-electron chi connectivity index (χ0n) is 15.1. The molecule has 0 spiro atoms. The van der Waals surface area contributed by atoms with Crippen LogP contribution in [0.1, 0.15) is 12.0 Å². The lowest BCUT2D eigenvalue weighted by Gasteiger charge is -2.24. The fraction of sp³-hybridized carbons (Fsp3) is 0.190. The SMILES string of the molecule is O=C(C[C@@H]1Cn2ncc(-c3ccc(Cl)cc3)c2NC1=O)NCc1ccccc1. The van der Waals surface area contributed by atoms with E-state index in [0.29, 0.717) is 23.9 Å². The number of aromatic nitrogens is 2. The van der Waals surface area contributed by atoms with Gasteiger partial charge in [0.1, 0.15) is 5.82 Å². The first-order chi connectivity index (χ1) is 13.6. The Bertz CT molecular complexity index is 999. The summed E-state index contributed by atoms with van der Waals surface area (Å²) in [6.07, 6.45) is 1.84. The van der Waals surface area contributed by atoms with Gasteiger partial charge in [-0.25, -0.2) is 4.68 Å². The minimum absolute atomic E-state index is 0.119. The van der Waals surface area contributed by atoms with E-state index in [-0.39, 0.29) is 18.2 Å². The van der Waals surface area contributed by atoms with Gasteiger partial charge in [-0.2, -0.15) is 5.10 Å². The maximum Gasteiger partial charge on any atom is 0.231 e. The van der Waals surface area contributed by atoms with Crippen molar-refractivity contribution < 1.29 is 9.59 Å². The van der Waals surface area contributed by atoms with Crippen molar-refractivity contribution in [1.29, 1.82) is 0 Å². The van der Waals surface area contributed by atoms with Gasteiger partial charge in [0.15, 0.2) is 0 Å². The first-order valence-electron chi connectivity index (χ1n) is 9.03. The Morgan fingerprint density at radius 2 is 1.93 bits per heavy atom. The highest BCUT2D eigenvalue weighted by molar-refractivity contribution is 6.30. The number of nitrogens with one attached hydrogen (secondary N) is 2. The third kappa shape index (κ3) is 3.92. The summed E-state index contributed by atoms with van der Waals surface area (Å²) in [5, 5.41) is 10.8. The van der Waals surface area contributed by atoms with Crippen molar-refractivity contribution in [1.82, 2.24) is 15.1 Å². The molecule has 4 rings (SSSR count). The molecular formula is C21H19ClN4O2. The first-order valence-corrected chi connectivity index (χ1v) is 9.41. The van der Waals surface area contributed by atoms with Crippen molar-refractivity contribution in [3.8, 4) is 11.1 Å². The van der Waals surface area contributed by atoms with Crippen LogP contribution < -0.4 is 10.6 Å². The average Bonchev–Trinajstić information content (AvgIpc) is 3.10. The quantitative estimate of drug-likeness (QED) is 0.695. The molecule has 1 aliphatic heterocycles. The van der Waals surface area contributed by atoms with E-state index in [1.54, 1.807) is 23.0 Å². The number of hydrogen-bond donors (Lipinski definition) is 2. The Morgan fingerprint density at radius 3 is 2.68 bits per heavy atom. The molecule has 1 aromatic heterocycles. The monoisotopic (exact) mass is 394 g/mol. The van der Waals surface area contributed by atoms with Crippen LogP contribution in [0.5, 0.6) is 0 Å². The lowest BCUT2D eigenvalue weighted by Crippen LogP contribution is -2.37. The van der Waals surface area contributed by atoms with Crippen LogP contribution in [-0.2, 0) is 22.7 Å². The van der Waals surface area contributed by atoms with Crippen LogP contribution in [0.3, 0.4) is 0 Å². The maximum absolute atomic E-state index is 12.5. The third-order valence-electron chi connectivity index (χ3n) is 4.76. The van der Waals surface area contributed by atoms with Crippen LogP contribution in [0, 0.1) is 5.92 Å². The number of halogens is 1. The van der Waals surface area contributed by atoms with Crippen molar-refractivity contribution in [2.24, 2.45) is 5.92 Å². The molecule has 0 aliphatic carbocycles. The van der Waals surface area contributed by atoms with Gasteiger partial charge in [-0.1, -0.05) is 54.1 Å². The summed E-state index contributed by atoms with van der Waals surface area (Å²) >= 11 is 5.94. The standard InChI is InChI=1S/C21H19ClN4O2/c22-17-8-6-15(7-9-17)18-12-24-26-13-16(21(28)25-20(18)26)10-19(27)23-11-14-4-2-1-3-5-14/h1-9,12,16H,10-11,13H2,(H,23,27)(H,25,28)/t16-/m1/s1. The van der Waals surface area contributed by atoms with Gasteiger partial charge in [0.25, 0.3) is 0 Å². The van der Waals surface area contributed by atoms with E-state index in [9.17, 15) is 9.59 Å². The molecule has 0 bridgehead atoms. The maximum atomic E-state index is 12.5. The molecule has 0 radical (unpaired) electrons. The minimum atomic E-state index is -0.457. The lowest BCUT2D eigenvalue weighted by atomic mass is 10.0. The normalized spacial score (nSPS) is 15.6. The van der Waals surface area contributed by atoms with Crippen LogP contribution in [0.15, 0.2) is 60.8 Å². The number of anilines is 1. The van der Waals surface area contributed by atoms with E-state index in [4.69, 9.17) is 11.6 Å². The van der Waals surface area contributed by atoms with E-state index in [0.717, 1.165) is 16.7 Å². The molecule has 0 unspecified atom stereocenters. The minimum Gasteiger partial charge on any atom is -0.352 e. The average molecular weight is 395 g/mol. The molecule has 28 heavy (non-hydrogen) atoms. The van der Waals surface area contributed by atoms with Crippen molar-refractivity contribution in [2.75, 3.05) is 5.32 Å². The highest BCUT2D eigenvalue weighted by Crippen LogP contribution is 2.32. The molecule has 2 heterocycles. The van der Waals surface area contributed by atoms with Crippen LogP contribution in [0.2, 0.25) is 5.02 Å². The number of rotatable bonds is 5. The van der Waals surface area contributed by atoms with Gasteiger partial charge in [-0.15, -0.1) is 0 Å². The molecule has 1 atom stereocenters. The predicted molar refractivity (Wildman–Crippen MR) is 108 cm³/mol. The van der Waals surface area contributed by atoms with Crippen LogP contribution in [-0.4, -0.2) is 21.6 Å². The van der Waals surface area contributed by atoms with Crippen molar-refractivity contribution >= 4 is 29.2 Å². The number of amides is 2. The molecule has 2 N–H and O–H groups in total. The highest BCUT2D eigenvalue weighted by Gasteiger charge is 2.30. The van der Waals surface area contributed by atoms with Crippen molar-refractivity contribution in [3.63, 3.8) is 0 Å². The molecule has 6 nitrogen and oxygen atoms in total. The van der Waals surface area contributed by atoms with Crippen LogP contribution >= 0.6 is 11.6 Å². The number of hydrogen-bond acceptors (Lipinski definition) is 3. The molecule has 7 heteroatoms. The number of carbonyl (C=O) groups is 2. The fourth-order valence-corrected chi connectivity index (χ4v) is 3.38. The second-order valence-electron chi connectivity index (χ2n) is 6.75. The largest absolute Gasteiger partial charge is 0.352 e. The van der Waals surface area contributed by atoms with E-state index >= 15 is 0 Å². The highest BCUT2D eigenvalue weighted by atomic mass is 35.5. The summed E-state index contributed by atoms with van der Waals surface area (Å²) in [4.78, 5) is 24.8. The summed E-state index contributed by atoms with van der Waals surface area (Å²) in [5.41, 5.74) is 2.77. The third-order valence-corrected chi connectivity index (χ3v) is 5.02. The molecule has 2 aromatic carbocycles. The van der Waals surface area contributed by atoms with E-state index in [1.165, 1.54) is 0 Å². The summed E-state index contributed by atoms with van der Waals surface area (Å²) in [6.45, 7) is 0.815. The van der Waals surface area contributed by atoms with Crippen LogP contribution in [0.4, 0.5) is 5.82 Å². The smallest absolute Gasteiger partial charge is 0.231 e. The number of carbonyl (C=O) groups excluding carboxylic acids is 2. The Morgan fingerprint density at radius 1 is 1.18 bits per heavy atom. The number of fused-ring (bicyclic) bond motifs is 1. The van der Waals surface area contributed by atoms with Crippen molar-refractivity contribution in [2.45, 2.75) is 19.5 Å². The van der Waals surface area contributed by atoms with Gasteiger partial charge in [0.05, 0.1) is 18.7 Å². The summed E-state index contributed by atoms with van der Waals surface area (Å²) in [6, 6.07) is 17.0. The van der Waals surface area contributed by atoms with E-state index < -0.39 is 5.92 Å². The van der Waals surface area contributed by atoms with Gasteiger partial charge in [-0.3, -0.25) is 9.59 Å². The topological polar surface area (TPSA) is 76.0 Å². The predicted octanol–water partition coefficient (Wildman–Crippen LogP) is 3.48. The summed E-state index contributed by atoms with van der Waals surface area (Å²) in [5.74, 6) is -0.134. The summed E-state index contributed by atoms with van der Waals surface area (Å²) in [7, 11) is 0. The van der Waals surface area contributed by atoms with E-state index in [1.807, 2.05) is 42.5 Å². The molecule has 2 amide bonds. The van der Waals surface area contributed by atoms with E-state index in [2.05, 4.69) is 15.7 Å². The van der Waals surface area contributed by atoms with Gasteiger partial charge in [0, 0.05) is 23.6 Å². The molecule has 3 aromatic rings. The number of benzene rings is 2. The Balaban J connectivity index is 1.42. The lowest BCUT2D eigenvalue weighted by molar-refractivity contribution is -0.128. The zero-order chi connectivity index (χ0) is 19.5. The zero-order valence-corrected chi connectivity index (χ0v) is 15.8. The Labute approximate surface area is 167 Å². The molecule has 1 aliphatic rings. The van der Waals surface area contributed by atoms with Crippen LogP contribution in [0.25, 0.3) is 11.1 Å². The number of nitrogens with zero attached hydrogens (tertiary/aromatic N) is 2. The molecular weight excluding hydrogens is 376 g/mol. The Kier molecular flexibility index (Phi) is 5.12. The van der Waals surface area contributed by atoms with Gasteiger partial charge in [-0.05, 0) is 23.3 Å².